The molecule has 0 bridgehead atoms. The van der Waals surface area contributed by atoms with Gasteiger partial charge < -0.3 is 15.3 Å². The molecule has 1 heterocycles. The van der Waals surface area contributed by atoms with Crippen molar-refractivity contribution in [3.63, 3.8) is 0 Å². The normalized spacial score (nSPS) is 12.8. The number of nitrogens with one attached hydrogen (secondary N) is 1. The molecule has 1 aromatic heterocycles. The van der Waals surface area contributed by atoms with E-state index in [-0.39, 0.29) is 24.5 Å². The Morgan fingerprint density at radius 2 is 1.93 bits per heavy atom. The third-order valence-electron chi connectivity index (χ3n) is 4.60. The Balaban J connectivity index is 2.08. The van der Waals surface area contributed by atoms with Gasteiger partial charge in [-0.05, 0) is 43.9 Å². The summed E-state index contributed by atoms with van der Waals surface area (Å²) < 4.78 is 0. The summed E-state index contributed by atoms with van der Waals surface area (Å²) >= 11 is 0. The number of nitrogens with zero attached hydrogens (tertiary/aromatic N) is 2. The van der Waals surface area contributed by atoms with Gasteiger partial charge in [-0.1, -0.05) is 36.4 Å². The molecule has 0 aliphatic rings. The number of urea groups is 1. The predicted octanol–water partition coefficient (Wildman–Crippen LogP) is 3.65. The van der Waals surface area contributed by atoms with Crippen molar-refractivity contribution in [2.24, 2.45) is 0 Å². The van der Waals surface area contributed by atoms with E-state index >= 15 is 0 Å². The number of rotatable bonds is 9. The van der Waals surface area contributed by atoms with Crippen molar-refractivity contribution in [2.45, 2.75) is 45.2 Å². The monoisotopic (exact) mass is 369 g/mol. The Kier molecular flexibility index (Phi) is 7.79. The first-order valence-electron chi connectivity index (χ1n) is 9.24. The predicted molar refractivity (Wildman–Crippen MR) is 104 cm³/mol. The number of carbonyl (C=O) groups is 2. The summed E-state index contributed by atoms with van der Waals surface area (Å²) in [4.78, 5) is 29.7. The molecule has 0 fully saturated rings. The Labute approximate surface area is 160 Å². The molecule has 2 amide bonds. The quantitative estimate of drug-likeness (QED) is 0.707. The van der Waals surface area contributed by atoms with E-state index in [4.69, 9.17) is 5.11 Å². The van der Waals surface area contributed by atoms with Crippen LogP contribution in [0.4, 0.5) is 4.79 Å². The zero-order valence-electron chi connectivity index (χ0n) is 15.8. The van der Waals surface area contributed by atoms with Crippen LogP contribution in [0.1, 0.15) is 43.9 Å². The van der Waals surface area contributed by atoms with Crippen LogP contribution in [0, 0.1) is 0 Å². The molecule has 27 heavy (non-hydrogen) atoms. The molecule has 0 radical (unpaired) electrons. The molecular formula is C21H27N3O3. The minimum Gasteiger partial charge on any atom is -0.481 e. The van der Waals surface area contributed by atoms with E-state index in [2.05, 4.69) is 10.3 Å². The molecule has 2 unspecified atom stereocenters. The van der Waals surface area contributed by atoms with Crippen LogP contribution < -0.4 is 5.32 Å². The number of hydrogen-bond acceptors (Lipinski definition) is 3. The van der Waals surface area contributed by atoms with Crippen LogP contribution in [0.3, 0.4) is 0 Å². The van der Waals surface area contributed by atoms with E-state index < -0.39 is 5.97 Å². The first-order chi connectivity index (χ1) is 13.0. The number of carboxylic acids is 1. The van der Waals surface area contributed by atoms with Crippen LogP contribution in [0.25, 0.3) is 0 Å². The van der Waals surface area contributed by atoms with Gasteiger partial charge >= 0.3 is 12.0 Å². The first-order valence-corrected chi connectivity index (χ1v) is 9.24. The number of pyridine rings is 1. The van der Waals surface area contributed by atoms with Crippen molar-refractivity contribution in [1.82, 2.24) is 15.2 Å². The number of aromatic nitrogens is 1. The second-order valence-electron chi connectivity index (χ2n) is 6.52. The highest BCUT2D eigenvalue weighted by molar-refractivity contribution is 5.75. The van der Waals surface area contributed by atoms with Gasteiger partial charge in [0.15, 0.2) is 0 Å². The lowest BCUT2D eigenvalue weighted by molar-refractivity contribution is -0.137. The first kappa shape index (κ1) is 20.4. The van der Waals surface area contributed by atoms with Crippen molar-refractivity contribution in [2.75, 3.05) is 6.54 Å². The number of carbonyl (C=O) groups excluding carboxylic acids is 1. The van der Waals surface area contributed by atoms with Crippen LogP contribution in [-0.4, -0.2) is 39.6 Å². The number of carboxylic acid groups (broad SMARTS) is 1. The molecule has 6 nitrogen and oxygen atoms in total. The summed E-state index contributed by atoms with van der Waals surface area (Å²) in [5.41, 5.74) is 2.02. The van der Waals surface area contributed by atoms with E-state index in [1.807, 2.05) is 56.3 Å². The summed E-state index contributed by atoms with van der Waals surface area (Å²) in [6, 6.07) is 13.0. The topological polar surface area (TPSA) is 82.5 Å². The fourth-order valence-electron chi connectivity index (χ4n) is 3.08. The van der Waals surface area contributed by atoms with E-state index in [9.17, 15) is 9.59 Å². The third-order valence-corrected chi connectivity index (χ3v) is 4.60. The van der Waals surface area contributed by atoms with Crippen LogP contribution >= 0.6 is 0 Å². The fraction of sp³-hybridized carbons (Fsp3) is 0.381. The lowest BCUT2D eigenvalue weighted by Gasteiger charge is -2.30. The standard InChI is InChI=1S/C21H27N3O3/c1-3-24(16(2)18-10-7-13-22-15-18)21(27)23-19(11-12-20(25)26)14-17-8-5-4-6-9-17/h4-10,13,15-16,19H,3,11-12,14H2,1-2H3,(H,23,27)(H,25,26). The van der Waals surface area contributed by atoms with Gasteiger partial charge in [0.1, 0.15) is 0 Å². The average Bonchev–Trinajstić information content (AvgIpc) is 2.68. The zero-order chi connectivity index (χ0) is 19.6. The zero-order valence-corrected chi connectivity index (χ0v) is 15.8. The van der Waals surface area contributed by atoms with Crippen molar-refractivity contribution >= 4 is 12.0 Å². The molecular weight excluding hydrogens is 342 g/mol. The summed E-state index contributed by atoms with van der Waals surface area (Å²) in [7, 11) is 0. The van der Waals surface area contributed by atoms with Crippen LogP contribution in [0.15, 0.2) is 54.9 Å². The largest absolute Gasteiger partial charge is 0.481 e. The fourth-order valence-corrected chi connectivity index (χ4v) is 3.08. The Hall–Kier alpha value is -2.89. The van der Waals surface area contributed by atoms with Crippen molar-refractivity contribution < 1.29 is 14.7 Å². The van der Waals surface area contributed by atoms with Crippen LogP contribution in [-0.2, 0) is 11.2 Å². The molecule has 6 heteroatoms. The molecule has 0 aliphatic heterocycles. The summed E-state index contributed by atoms with van der Waals surface area (Å²) in [6.07, 6.45) is 4.45. The van der Waals surface area contributed by atoms with Gasteiger partial charge in [0, 0.05) is 31.4 Å². The number of benzene rings is 1. The molecule has 0 saturated carbocycles. The minimum atomic E-state index is -0.863. The molecule has 0 spiro atoms. The van der Waals surface area contributed by atoms with Gasteiger partial charge in [0.05, 0.1) is 6.04 Å². The minimum absolute atomic E-state index is 0.0159. The lowest BCUT2D eigenvalue weighted by Crippen LogP contribution is -2.46. The van der Waals surface area contributed by atoms with Crippen LogP contribution in [0.5, 0.6) is 0 Å². The highest BCUT2D eigenvalue weighted by Gasteiger charge is 2.23. The second-order valence-corrected chi connectivity index (χ2v) is 6.52. The molecule has 2 rings (SSSR count). The molecule has 0 saturated heterocycles. The average molecular weight is 369 g/mol. The van der Waals surface area contributed by atoms with E-state index in [0.717, 1.165) is 11.1 Å². The highest BCUT2D eigenvalue weighted by atomic mass is 16.4. The Morgan fingerprint density at radius 3 is 2.52 bits per heavy atom. The molecule has 2 atom stereocenters. The van der Waals surface area contributed by atoms with E-state index in [1.54, 1.807) is 17.3 Å². The highest BCUT2D eigenvalue weighted by Crippen LogP contribution is 2.19. The molecule has 0 aliphatic carbocycles. The van der Waals surface area contributed by atoms with Crippen molar-refractivity contribution in [3.05, 3.63) is 66.0 Å². The maximum absolute atomic E-state index is 12.9. The smallest absolute Gasteiger partial charge is 0.318 e. The summed E-state index contributed by atoms with van der Waals surface area (Å²) in [5.74, 6) is -0.863. The second kappa shape index (κ2) is 10.3. The van der Waals surface area contributed by atoms with Gasteiger partial charge in [-0.3, -0.25) is 9.78 Å². The van der Waals surface area contributed by atoms with Crippen molar-refractivity contribution in [1.29, 1.82) is 0 Å². The SMILES string of the molecule is CCN(C(=O)NC(CCC(=O)O)Cc1ccccc1)C(C)c1cccnc1. The van der Waals surface area contributed by atoms with Crippen molar-refractivity contribution in [3.8, 4) is 0 Å². The number of amides is 2. The van der Waals surface area contributed by atoms with Gasteiger partial charge in [0.2, 0.25) is 0 Å². The van der Waals surface area contributed by atoms with Gasteiger partial charge in [-0.25, -0.2) is 4.79 Å². The number of aliphatic carboxylic acids is 1. The summed E-state index contributed by atoms with van der Waals surface area (Å²) in [6.45, 7) is 4.43. The summed E-state index contributed by atoms with van der Waals surface area (Å²) in [5, 5.41) is 12.1. The lowest BCUT2D eigenvalue weighted by atomic mass is 10.0. The van der Waals surface area contributed by atoms with Gasteiger partial charge in [-0.15, -0.1) is 0 Å². The Bertz CT molecular complexity index is 722. The Morgan fingerprint density at radius 1 is 1.19 bits per heavy atom. The number of hydrogen-bond donors (Lipinski definition) is 2. The molecule has 2 N–H and O–H groups in total. The third kappa shape index (κ3) is 6.40. The van der Waals surface area contributed by atoms with Crippen LogP contribution in [0.2, 0.25) is 0 Å². The van der Waals surface area contributed by atoms with E-state index in [1.165, 1.54) is 0 Å². The molecule has 1 aromatic carbocycles. The van der Waals surface area contributed by atoms with E-state index in [0.29, 0.717) is 19.4 Å². The molecule has 2 aromatic rings. The maximum atomic E-state index is 12.9. The van der Waals surface area contributed by atoms with Gasteiger partial charge in [-0.2, -0.15) is 0 Å². The maximum Gasteiger partial charge on any atom is 0.318 e. The molecule has 144 valence electrons. The van der Waals surface area contributed by atoms with Gasteiger partial charge in [0.25, 0.3) is 0 Å².